The summed E-state index contributed by atoms with van der Waals surface area (Å²) in [4.78, 5) is 23.2. The summed E-state index contributed by atoms with van der Waals surface area (Å²) in [5.74, 6) is 0.190. The highest BCUT2D eigenvalue weighted by Gasteiger charge is 2.22. The zero-order chi connectivity index (χ0) is 17.6. The van der Waals surface area contributed by atoms with Crippen LogP contribution >= 0.6 is 0 Å². The van der Waals surface area contributed by atoms with Crippen LogP contribution in [0.15, 0.2) is 54.6 Å². The first kappa shape index (κ1) is 17.5. The van der Waals surface area contributed by atoms with E-state index in [4.69, 9.17) is 4.74 Å². The van der Waals surface area contributed by atoms with Crippen molar-refractivity contribution in [2.45, 2.75) is 32.7 Å². The molecule has 0 saturated heterocycles. The zero-order valence-corrected chi connectivity index (χ0v) is 14.1. The first-order valence-corrected chi connectivity index (χ1v) is 7.76. The van der Waals surface area contributed by atoms with Gasteiger partial charge < -0.3 is 15.4 Å². The molecule has 0 spiro atoms. The molecule has 0 atom stereocenters. The van der Waals surface area contributed by atoms with Gasteiger partial charge in [-0.15, -0.1) is 0 Å². The standard InChI is InChI=1S/C19H22N2O3/c1-14(22)20-16-10-7-11-17(12-16)24-18(23)21-19(2,3)13-15-8-5-4-6-9-15/h4-12H,13H2,1-3H3,(H,20,22)(H,21,23). The van der Waals surface area contributed by atoms with Crippen LogP contribution in [0.2, 0.25) is 0 Å². The Labute approximate surface area is 142 Å². The van der Waals surface area contributed by atoms with E-state index in [-0.39, 0.29) is 5.91 Å². The molecule has 2 aromatic carbocycles. The van der Waals surface area contributed by atoms with Gasteiger partial charge in [-0.2, -0.15) is 0 Å². The molecule has 0 bridgehead atoms. The molecule has 2 aromatic rings. The lowest BCUT2D eigenvalue weighted by Crippen LogP contribution is -2.46. The summed E-state index contributed by atoms with van der Waals surface area (Å²) < 4.78 is 5.31. The molecule has 126 valence electrons. The molecule has 24 heavy (non-hydrogen) atoms. The summed E-state index contributed by atoms with van der Waals surface area (Å²) >= 11 is 0. The number of anilines is 1. The van der Waals surface area contributed by atoms with Crippen molar-refractivity contribution >= 4 is 17.7 Å². The highest BCUT2D eigenvalue weighted by Crippen LogP contribution is 2.18. The SMILES string of the molecule is CC(=O)Nc1cccc(OC(=O)NC(C)(C)Cc2ccccc2)c1. The van der Waals surface area contributed by atoms with E-state index in [2.05, 4.69) is 10.6 Å². The van der Waals surface area contributed by atoms with Crippen LogP contribution < -0.4 is 15.4 Å². The molecule has 0 aliphatic rings. The summed E-state index contributed by atoms with van der Waals surface area (Å²) in [7, 11) is 0. The molecule has 2 N–H and O–H groups in total. The minimum atomic E-state index is -0.532. The summed E-state index contributed by atoms with van der Waals surface area (Å²) in [6, 6.07) is 16.6. The first-order valence-electron chi connectivity index (χ1n) is 7.76. The average molecular weight is 326 g/mol. The molecular formula is C19H22N2O3. The van der Waals surface area contributed by atoms with Gasteiger partial charge in [-0.1, -0.05) is 36.4 Å². The monoisotopic (exact) mass is 326 g/mol. The second-order valence-corrected chi connectivity index (χ2v) is 6.27. The van der Waals surface area contributed by atoms with E-state index in [1.165, 1.54) is 6.92 Å². The molecular weight excluding hydrogens is 304 g/mol. The Morgan fingerprint density at radius 2 is 1.75 bits per heavy atom. The normalized spacial score (nSPS) is 10.8. The van der Waals surface area contributed by atoms with Crippen molar-refractivity contribution in [1.29, 1.82) is 0 Å². The van der Waals surface area contributed by atoms with Gasteiger partial charge in [0, 0.05) is 24.2 Å². The van der Waals surface area contributed by atoms with Gasteiger partial charge in [-0.05, 0) is 38.0 Å². The predicted octanol–water partition coefficient (Wildman–Crippen LogP) is 3.75. The van der Waals surface area contributed by atoms with Gasteiger partial charge in [-0.25, -0.2) is 4.79 Å². The molecule has 0 aliphatic heterocycles. The molecule has 0 saturated carbocycles. The Morgan fingerprint density at radius 3 is 2.42 bits per heavy atom. The van der Waals surface area contributed by atoms with Crippen LogP contribution in [0.3, 0.4) is 0 Å². The van der Waals surface area contributed by atoms with E-state index in [9.17, 15) is 9.59 Å². The highest BCUT2D eigenvalue weighted by molar-refractivity contribution is 5.88. The third-order valence-corrected chi connectivity index (χ3v) is 3.29. The summed E-state index contributed by atoms with van der Waals surface area (Å²) in [6.45, 7) is 5.30. The van der Waals surface area contributed by atoms with Crippen molar-refractivity contribution < 1.29 is 14.3 Å². The third kappa shape index (κ3) is 5.76. The molecule has 5 heteroatoms. The van der Waals surface area contributed by atoms with Crippen molar-refractivity contribution in [1.82, 2.24) is 5.32 Å². The smallest absolute Gasteiger partial charge is 0.410 e. The van der Waals surface area contributed by atoms with Crippen molar-refractivity contribution in [2.24, 2.45) is 0 Å². The van der Waals surface area contributed by atoms with Crippen LogP contribution in [0.5, 0.6) is 5.75 Å². The molecule has 0 aromatic heterocycles. The number of nitrogens with one attached hydrogen (secondary N) is 2. The maximum atomic E-state index is 12.1. The lowest BCUT2D eigenvalue weighted by Gasteiger charge is -2.26. The number of hydrogen-bond acceptors (Lipinski definition) is 3. The Hall–Kier alpha value is -2.82. The molecule has 0 fully saturated rings. The van der Waals surface area contributed by atoms with E-state index < -0.39 is 11.6 Å². The average Bonchev–Trinajstić information content (AvgIpc) is 2.46. The molecule has 0 radical (unpaired) electrons. The molecule has 2 rings (SSSR count). The summed E-state index contributed by atoms with van der Waals surface area (Å²) in [5, 5.41) is 5.51. The van der Waals surface area contributed by atoms with Gasteiger partial charge in [0.05, 0.1) is 0 Å². The Bertz CT molecular complexity index is 712. The quantitative estimate of drug-likeness (QED) is 0.879. The number of benzene rings is 2. The Balaban J connectivity index is 1.96. The van der Waals surface area contributed by atoms with Crippen LogP contribution in [0, 0.1) is 0 Å². The second-order valence-electron chi connectivity index (χ2n) is 6.27. The third-order valence-electron chi connectivity index (χ3n) is 3.29. The molecule has 2 amide bonds. The van der Waals surface area contributed by atoms with E-state index in [0.717, 1.165) is 5.56 Å². The predicted molar refractivity (Wildman–Crippen MR) is 94.1 cm³/mol. The van der Waals surface area contributed by atoms with Crippen molar-refractivity contribution in [3.8, 4) is 5.75 Å². The van der Waals surface area contributed by atoms with Crippen molar-refractivity contribution in [3.63, 3.8) is 0 Å². The zero-order valence-electron chi connectivity index (χ0n) is 14.1. The van der Waals surface area contributed by atoms with Crippen LogP contribution in [-0.4, -0.2) is 17.5 Å². The van der Waals surface area contributed by atoms with E-state index in [1.54, 1.807) is 24.3 Å². The van der Waals surface area contributed by atoms with Gasteiger partial charge >= 0.3 is 6.09 Å². The minimum absolute atomic E-state index is 0.180. The van der Waals surface area contributed by atoms with Crippen LogP contribution in [0.4, 0.5) is 10.5 Å². The number of rotatable bonds is 5. The number of hydrogen-bond donors (Lipinski definition) is 2. The number of carbonyl (C=O) groups excluding carboxylic acids is 2. The maximum Gasteiger partial charge on any atom is 0.413 e. The van der Waals surface area contributed by atoms with Gasteiger partial charge in [0.25, 0.3) is 0 Å². The van der Waals surface area contributed by atoms with Crippen LogP contribution in [-0.2, 0) is 11.2 Å². The Kier molecular flexibility index (Phi) is 5.58. The highest BCUT2D eigenvalue weighted by atomic mass is 16.6. The van der Waals surface area contributed by atoms with Crippen molar-refractivity contribution in [3.05, 3.63) is 60.2 Å². The van der Waals surface area contributed by atoms with Crippen LogP contribution in [0.25, 0.3) is 0 Å². The second kappa shape index (κ2) is 7.64. The van der Waals surface area contributed by atoms with E-state index in [0.29, 0.717) is 17.9 Å². The molecule has 5 nitrogen and oxygen atoms in total. The molecule has 0 heterocycles. The van der Waals surface area contributed by atoms with Gasteiger partial charge in [0.1, 0.15) is 5.75 Å². The largest absolute Gasteiger partial charge is 0.413 e. The lowest BCUT2D eigenvalue weighted by atomic mass is 9.95. The molecule has 0 aliphatic carbocycles. The van der Waals surface area contributed by atoms with Gasteiger partial charge in [0.15, 0.2) is 0 Å². The summed E-state index contributed by atoms with van der Waals surface area (Å²) in [5.41, 5.74) is 1.26. The van der Waals surface area contributed by atoms with E-state index >= 15 is 0 Å². The van der Waals surface area contributed by atoms with Gasteiger partial charge in [0.2, 0.25) is 5.91 Å². The fourth-order valence-electron chi connectivity index (χ4n) is 2.40. The van der Waals surface area contributed by atoms with Gasteiger partial charge in [-0.3, -0.25) is 4.79 Å². The Morgan fingerprint density at radius 1 is 1.04 bits per heavy atom. The number of carbonyl (C=O) groups is 2. The van der Waals surface area contributed by atoms with Crippen LogP contribution in [0.1, 0.15) is 26.3 Å². The summed E-state index contributed by atoms with van der Waals surface area (Å²) in [6.07, 6.45) is 0.158. The fourth-order valence-corrected chi connectivity index (χ4v) is 2.40. The molecule has 0 unspecified atom stereocenters. The first-order chi connectivity index (χ1) is 11.3. The topological polar surface area (TPSA) is 67.4 Å². The number of ether oxygens (including phenoxy) is 1. The lowest BCUT2D eigenvalue weighted by molar-refractivity contribution is -0.114. The maximum absolute atomic E-state index is 12.1. The fraction of sp³-hybridized carbons (Fsp3) is 0.263. The van der Waals surface area contributed by atoms with E-state index in [1.807, 2.05) is 44.2 Å². The number of amides is 2. The van der Waals surface area contributed by atoms with Crippen molar-refractivity contribution in [2.75, 3.05) is 5.32 Å². The minimum Gasteiger partial charge on any atom is -0.410 e.